The molecule has 1 aromatic carbocycles. The van der Waals surface area contributed by atoms with Crippen molar-refractivity contribution in [2.75, 3.05) is 0 Å². The van der Waals surface area contributed by atoms with E-state index in [9.17, 15) is 9.59 Å². The van der Waals surface area contributed by atoms with Crippen LogP contribution in [0.1, 0.15) is 54.0 Å². The van der Waals surface area contributed by atoms with E-state index < -0.39 is 6.04 Å². The molecule has 2 unspecified atom stereocenters. The topological polar surface area (TPSA) is 67.4 Å². The van der Waals surface area contributed by atoms with E-state index in [1.165, 1.54) is 0 Å². The predicted molar refractivity (Wildman–Crippen MR) is 101 cm³/mol. The number of nitrogens with one attached hydrogen (secondary N) is 2. The highest BCUT2D eigenvalue weighted by molar-refractivity contribution is 5.84. The molecule has 0 aliphatic rings. The third-order valence-corrected chi connectivity index (χ3v) is 3.34. The number of amides is 1. The van der Waals surface area contributed by atoms with Crippen molar-refractivity contribution in [1.29, 1.82) is 0 Å². The number of benzene rings is 1. The van der Waals surface area contributed by atoms with Crippen LogP contribution < -0.4 is 15.4 Å². The summed E-state index contributed by atoms with van der Waals surface area (Å²) in [6, 6.07) is 6.68. The Balaban J connectivity index is 2.64. The predicted octanol–water partition coefficient (Wildman–Crippen LogP) is 2.87. The normalized spacial score (nSPS) is 14.5. The van der Waals surface area contributed by atoms with Crippen molar-refractivity contribution < 1.29 is 14.3 Å². The van der Waals surface area contributed by atoms with Gasteiger partial charge in [-0.05, 0) is 72.6 Å². The zero-order valence-electron chi connectivity index (χ0n) is 16.5. The second-order valence-corrected chi connectivity index (χ2v) is 8.43. The molecule has 1 rings (SSSR count). The quantitative estimate of drug-likeness (QED) is 0.744. The average molecular weight is 348 g/mol. The van der Waals surface area contributed by atoms with Crippen molar-refractivity contribution in [3.05, 3.63) is 29.8 Å². The Hall–Kier alpha value is -1.88. The Bertz CT molecular complexity index is 568. The van der Waals surface area contributed by atoms with Gasteiger partial charge in [0.25, 0.3) is 0 Å². The molecule has 25 heavy (non-hydrogen) atoms. The van der Waals surface area contributed by atoms with Crippen LogP contribution in [0.4, 0.5) is 0 Å². The highest BCUT2D eigenvalue weighted by atomic mass is 16.5. The molecule has 1 aromatic rings. The molecule has 0 bridgehead atoms. The molecule has 0 aliphatic carbocycles. The maximum Gasteiger partial charge on any atom is 0.237 e. The van der Waals surface area contributed by atoms with Gasteiger partial charge < -0.3 is 20.2 Å². The van der Waals surface area contributed by atoms with Crippen molar-refractivity contribution in [3.63, 3.8) is 0 Å². The highest BCUT2D eigenvalue weighted by Gasteiger charge is 2.22. The Morgan fingerprint density at radius 2 is 1.68 bits per heavy atom. The molecule has 0 spiro atoms. The van der Waals surface area contributed by atoms with Gasteiger partial charge in [-0.2, -0.15) is 0 Å². The first-order chi connectivity index (χ1) is 11.4. The van der Waals surface area contributed by atoms with Crippen LogP contribution in [0.25, 0.3) is 0 Å². The van der Waals surface area contributed by atoms with Gasteiger partial charge in [0, 0.05) is 5.54 Å². The summed E-state index contributed by atoms with van der Waals surface area (Å²) in [7, 11) is 0. The lowest BCUT2D eigenvalue weighted by molar-refractivity contribution is -0.125. The zero-order valence-corrected chi connectivity index (χ0v) is 16.5. The maximum atomic E-state index is 12.2. The molecule has 0 radical (unpaired) electrons. The van der Waals surface area contributed by atoms with Gasteiger partial charge in [-0.3, -0.25) is 4.79 Å². The Morgan fingerprint density at radius 1 is 1.12 bits per heavy atom. The highest BCUT2D eigenvalue weighted by Crippen LogP contribution is 2.19. The molecule has 2 atom stereocenters. The van der Waals surface area contributed by atoms with Gasteiger partial charge in [-0.25, -0.2) is 0 Å². The molecule has 0 heterocycles. The fourth-order valence-corrected chi connectivity index (χ4v) is 2.46. The summed E-state index contributed by atoms with van der Waals surface area (Å²) in [4.78, 5) is 23.6. The minimum Gasteiger partial charge on any atom is -0.488 e. The Kier molecular flexibility index (Phi) is 7.17. The molecule has 5 nitrogen and oxygen atoms in total. The summed E-state index contributed by atoms with van der Waals surface area (Å²) in [6.07, 6.45) is 1.23. The van der Waals surface area contributed by atoms with Crippen molar-refractivity contribution in [1.82, 2.24) is 10.6 Å². The van der Waals surface area contributed by atoms with E-state index in [2.05, 4.69) is 10.6 Å². The summed E-state index contributed by atoms with van der Waals surface area (Å²) in [5.41, 5.74) is 0.544. The average Bonchev–Trinajstić information content (AvgIpc) is 2.45. The van der Waals surface area contributed by atoms with Gasteiger partial charge in [-0.1, -0.05) is 12.1 Å². The molecular weight excluding hydrogens is 316 g/mol. The summed E-state index contributed by atoms with van der Waals surface area (Å²) in [6.45, 7) is 13.8. The number of hydrogen-bond donors (Lipinski definition) is 2. The van der Waals surface area contributed by atoms with Gasteiger partial charge in [0.1, 0.15) is 17.6 Å². The van der Waals surface area contributed by atoms with Crippen LogP contribution in [-0.2, 0) is 16.0 Å². The second kappa shape index (κ2) is 8.48. The lowest BCUT2D eigenvalue weighted by Gasteiger charge is -2.26. The molecule has 0 saturated heterocycles. The third kappa shape index (κ3) is 8.68. The van der Waals surface area contributed by atoms with Crippen LogP contribution in [0.3, 0.4) is 0 Å². The van der Waals surface area contributed by atoms with Crippen molar-refractivity contribution in [2.24, 2.45) is 0 Å². The van der Waals surface area contributed by atoms with E-state index in [1.807, 2.05) is 65.8 Å². The molecule has 0 aromatic heterocycles. The summed E-state index contributed by atoms with van der Waals surface area (Å²) in [5, 5.41) is 5.99. The van der Waals surface area contributed by atoms with E-state index in [0.29, 0.717) is 6.42 Å². The van der Waals surface area contributed by atoms with Gasteiger partial charge in [0.15, 0.2) is 0 Å². The Morgan fingerprint density at radius 3 is 2.12 bits per heavy atom. The van der Waals surface area contributed by atoms with E-state index in [4.69, 9.17) is 4.74 Å². The van der Waals surface area contributed by atoms with Crippen LogP contribution in [0.5, 0.6) is 5.75 Å². The molecule has 5 heteroatoms. The molecule has 0 saturated carbocycles. The lowest BCUT2D eigenvalue weighted by atomic mass is 10.1. The summed E-state index contributed by atoms with van der Waals surface area (Å²) >= 11 is 0. The number of hydrogen-bond acceptors (Lipinski definition) is 4. The van der Waals surface area contributed by atoms with Crippen LogP contribution >= 0.6 is 0 Å². The fraction of sp³-hybridized carbons (Fsp3) is 0.600. The SMILES string of the molecule is CC(NC(C)(C)C)C(=O)NC(C=O)Cc1ccc(OC(C)(C)C)cc1. The summed E-state index contributed by atoms with van der Waals surface area (Å²) in [5.74, 6) is 0.602. The van der Waals surface area contributed by atoms with E-state index in [0.717, 1.165) is 17.6 Å². The number of rotatable bonds is 7. The first-order valence-corrected chi connectivity index (χ1v) is 8.71. The van der Waals surface area contributed by atoms with Gasteiger partial charge >= 0.3 is 0 Å². The van der Waals surface area contributed by atoms with E-state index in [1.54, 1.807) is 6.92 Å². The number of aldehydes is 1. The zero-order chi connectivity index (χ0) is 19.3. The van der Waals surface area contributed by atoms with Crippen molar-refractivity contribution in [2.45, 2.75) is 78.1 Å². The smallest absolute Gasteiger partial charge is 0.237 e. The van der Waals surface area contributed by atoms with Crippen LogP contribution in [0.15, 0.2) is 24.3 Å². The van der Waals surface area contributed by atoms with Crippen LogP contribution in [-0.4, -0.2) is 35.4 Å². The fourth-order valence-electron chi connectivity index (χ4n) is 2.46. The van der Waals surface area contributed by atoms with Crippen molar-refractivity contribution >= 4 is 12.2 Å². The maximum absolute atomic E-state index is 12.2. The van der Waals surface area contributed by atoms with E-state index >= 15 is 0 Å². The minimum atomic E-state index is -0.550. The largest absolute Gasteiger partial charge is 0.488 e. The molecular formula is C20H32N2O3. The minimum absolute atomic E-state index is 0.170. The lowest BCUT2D eigenvalue weighted by Crippen LogP contribution is -2.52. The first kappa shape index (κ1) is 21.2. The third-order valence-electron chi connectivity index (χ3n) is 3.34. The standard InChI is InChI=1S/C20H32N2O3/c1-14(22-19(2,3)4)18(24)21-16(13-23)12-15-8-10-17(11-9-15)25-20(5,6)7/h8-11,13-14,16,22H,12H2,1-7H3,(H,21,24). The van der Waals surface area contributed by atoms with Crippen molar-refractivity contribution in [3.8, 4) is 5.75 Å². The van der Waals surface area contributed by atoms with Gasteiger partial charge in [0.2, 0.25) is 5.91 Å². The second-order valence-electron chi connectivity index (χ2n) is 8.43. The van der Waals surface area contributed by atoms with Gasteiger partial charge in [-0.15, -0.1) is 0 Å². The molecule has 0 fully saturated rings. The monoisotopic (exact) mass is 348 g/mol. The molecule has 2 N–H and O–H groups in total. The van der Waals surface area contributed by atoms with Gasteiger partial charge in [0.05, 0.1) is 12.1 Å². The van der Waals surface area contributed by atoms with Crippen LogP contribution in [0, 0.1) is 0 Å². The number of ether oxygens (including phenoxy) is 1. The first-order valence-electron chi connectivity index (χ1n) is 8.71. The molecule has 1 amide bonds. The summed E-state index contributed by atoms with van der Waals surface area (Å²) < 4.78 is 5.78. The number of carbonyl (C=O) groups is 2. The van der Waals surface area contributed by atoms with Crippen LogP contribution in [0.2, 0.25) is 0 Å². The Labute approximate surface area is 151 Å². The molecule has 140 valence electrons. The van der Waals surface area contributed by atoms with E-state index in [-0.39, 0.29) is 23.1 Å². The number of carbonyl (C=O) groups excluding carboxylic acids is 2. The molecule has 0 aliphatic heterocycles.